The second-order valence-electron chi connectivity index (χ2n) is 5.08. The molecule has 1 amide bonds. The number of rotatable bonds is 5. The Morgan fingerprint density at radius 1 is 1.14 bits per heavy atom. The number of carbonyl (C=O) groups is 2. The standard InChI is InChI=1S/C15H19N3O4/c1-17-11-5-4-10(8-12(11)18(2)15(17)21)9-16-13(19)6-7-14(20)22-3/h4-5,8H,6-7,9H2,1-3H3,(H,16,19). The van der Waals surface area contributed by atoms with E-state index < -0.39 is 5.97 Å². The summed E-state index contributed by atoms with van der Waals surface area (Å²) in [5.41, 5.74) is 2.46. The number of methoxy groups -OCH3 is 1. The van der Waals surface area contributed by atoms with Crippen molar-refractivity contribution in [2.24, 2.45) is 14.1 Å². The Kier molecular flexibility index (Phi) is 4.65. The van der Waals surface area contributed by atoms with Crippen LogP contribution in [0, 0.1) is 0 Å². The van der Waals surface area contributed by atoms with Gasteiger partial charge < -0.3 is 10.1 Å². The van der Waals surface area contributed by atoms with Crippen LogP contribution in [0.15, 0.2) is 23.0 Å². The highest BCUT2D eigenvalue weighted by Gasteiger charge is 2.09. The lowest BCUT2D eigenvalue weighted by Gasteiger charge is -2.06. The van der Waals surface area contributed by atoms with Gasteiger partial charge in [0.15, 0.2) is 0 Å². The van der Waals surface area contributed by atoms with Crippen LogP contribution in [0.4, 0.5) is 0 Å². The van der Waals surface area contributed by atoms with Crippen LogP contribution in [-0.2, 0) is 35.0 Å². The number of aromatic nitrogens is 2. The first-order chi connectivity index (χ1) is 10.4. The molecule has 0 bridgehead atoms. The molecular weight excluding hydrogens is 286 g/mol. The maximum absolute atomic E-state index is 11.9. The van der Waals surface area contributed by atoms with Crippen LogP contribution in [0.25, 0.3) is 11.0 Å². The van der Waals surface area contributed by atoms with Gasteiger partial charge in [0.25, 0.3) is 0 Å². The highest BCUT2D eigenvalue weighted by molar-refractivity contribution is 5.81. The maximum Gasteiger partial charge on any atom is 0.328 e. The smallest absolute Gasteiger partial charge is 0.328 e. The molecule has 0 radical (unpaired) electrons. The van der Waals surface area contributed by atoms with E-state index in [1.807, 2.05) is 18.2 Å². The third-order valence-corrected chi connectivity index (χ3v) is 3.61. The topological polar surface area (TPSA) is 82.3 Å². The molecule has 0 aliphatic rings. The van der Waals surface area contributed by atoms with Crippen molar-refractivity contribution < 1.29 is 14.3 Å². The second kappa shape index (κ2) is 6.46. The number of fused-ring (bicyclic) bond motifs is 1. The molecule has 7 nitrogen and oxygen atoms in total. The lowest BCUT2D eigenvalue weighted by atomic mass is 10.2. The van der Waals surface area contributed by atoms with Gasteiger partial charge in [-0.3, -0.25) is 18.7 Å². The Bertz CT molecular complexity index is 773. The lowest BCUT2D eigenvalue weighted by molar-refractivity contribution is -0.142. The Morgan fingerprint density at radius 2 is 1.82 bits per heavy atom. The van der Waals surface area contributed by atoms with Crippen molar-refractivity contribution in [3.8, 4) is 0 Å². The van der Waals surface area contributed by atoms with Gasteiger partial charge in [-0.2, -0.15) is 0 Å². The second-order valence-corrected chi connectivity index (χ2v) is 5.08. The first-order valence-electron chi connectivity index (χ1n) is 6.92. The minimum atomic E-state index is -0.407. The van der Waals surface area contributed by atoms with Crippen molar-refractivity contribution in [2.75, 3.05) is 7.11 Å². The van der Waals surface area contributed by atoms with E-state index in [0.29, 0.717) is 6.54 Å². The fourth-order valence-electron chi connectivity index (χ4n) is 2.27. The van der Waals surface area contributed by atoms with Crippen LogP contribution in [0.5, 0.6) is 0 Å². The molecule has 1 N–H and O–H groups in total. The van der Waals surface area contributed by atoms with Gasteiger partial charge in [0, 0.05) is 27.1 Å². The molecule has 0 fully saturated rings. The van der Waals surface area contributed by atoms with E-state index >= 15 is 0 Å². The SMILES string of the molecule is COC(=O)CCC(=O)NCc1ccc2c(c1)n(C)c(=O)n2C. The molecule has 0 unspecified atom stereocenters. The predicted octanol–water partition coefficient (Wildman–Crippen LogP) is 0.446. The number of aryl methyl sites for hydroxylation is 2. The van der Waals surface area contributed by atoms with E-state index in [1.54, 1.807) is 23.2 Å². The lowest BCUT2D eigenvalue weighted by Crippen LogP contribution is -2.23. The molecule has 0 spiro atoms. The number of benzene rings is 1. The number of hydrogen-bond acceptors (Lipinski definition) is 4. The largest absolute Gasteiger partial charge is 0.469 e. The number of amides is 1. The van der Waals surface area contributed by atoms with Gasteiger partial charge in [-0.05, 0) is 17.7 Å². The van der Waals surface area contributed by atoms with Crippen molar-refractivity contribution >= 4 is 22.9 Å². The van der Waals surface area contributed by atoms with Crippen molar-refractivity contribution in [3.05, 3.63) is 34.2 Å². The van der Waals surface area contributed by atoms with E-state index in [1.165, 1.54) is 7.11 Å². The monoisotopic (exact) mass is 305 g/mol. The van der Waals surface area contributed by atoms with Gasteiger partial charge in [-0.1, -0.05) is 6.07 Å². The quantitative estimate of drug-likeness (QED) is 0.813. The number of hydrogen-bond donors (Lipinski definition) is 1. The minimum absolute atomic E-state index is 0.0640. The third kappa shape index (κ3) is 3.19. The van der Waals surface area contributed by atoms with Crippen molar-refractivity contribution in [2.45, 2.75) is 19.4 Å². The zero-order valence-electron chi connectivity index (χ0n) is 12.9. The van der Waals surface area contributed by atoms with E-state index in [2.05, 4.69) is 10.1 Å². The molecule has 0 saturated heterocycles. The van der Waals surface area contributed by atoms with Gasteiger partial charge in [-0.25, -0.2) is 4.79 Å². The summed E-state index contributed by atoms with van der Waals surface area (Å²) in [7, 11) is 4.72. The summed E-state index contributed by atoms with van der Waals surface area (Å²) >= 11 is 0. The Balaban J connectivity index is 2.03. The third-order valence-electron chi connectivity index (χ3n) is 3.61. The first kappa shape index (κ1) is 15.8. The fraction of sp³-hybridized carbons (Fsp3) is 0.400. The predicted molar refractivity (Wildman–Crippen MR) is 81.3 cm³/mol. The fourth-order valence-corrected chi connectivity index (χ4v) is 2.27. The van der Waals surface area contributed by atoms with Crippen LogP contribution < -0.4 is 11.0 Å². The molecule has 0 atom stereocenters. The van der Waals surface area contributed by atoms with Gasteiger partial charge >= 0.3 is 11.7 Å². The maximum atomic E-state index is 11.9. The molecule has 1 aromatic carbocycles. The molecular formula is C15H19N3O4. The average Bonchev–Trinajstić information content (AvgIpc) is 2.75. The normalized spacial score (nSPS) is 10.7. The minimum Gasteiger partial charge on any atom is -0.469 e. The average molecular weight is 305 g/mol. The number of nitrogens with one attached hydrogen (secondary N) is 1. The zero-order valence-corrected chi connectivity index (χ0v) is 12.9. The molecule has 2 aromatic rings. The van der Waals surface area contributed by atoms with Gasteiger partial charge in [0.05, 0.1) is 24.6 Å². The summed E-state index contributed by atoms with van der Waals surface area (Å²) in [6, 6.07) is 5.59. The molecule has 0 aliphatic carbocycles. The Hall–Kier alpha value is -2.57. The first-order valence-corrected chi connectivity index (χ1v) is 6.92. The van der Waals surface area contributed by atoms with Crippen LogP contribution in [0.1, 0.15) is 18.4 Å². The molecule has 0 saturated carbocycles. The highest BCUT2D eigenvalue weighted by atomic mass is 16.5. The van der Waals surface area contributed by atoms with Gasteiger partial charge in [-0.15, -0.1) is 0 Å². The molecule has 22 heavy (non-hydrogen) atoms. The number of imidazole rings is 1. The van der Waals surface area contributed by atoms with E-state index in [4.69, 9.17) is 0 Å². The zero-order chi connectivity index (χ0) is 16.3. The Morgan fingerprint density at radius 3 is 2.50 bits per heavy atom. The van der Waals surface area contributed by atoms with Crippen LogP contribution in [0.3, 0.4) is 0 Å². The number of carbonyl (C=O) groups excluding carboxylic acids is 2. The summed E-state index contributed by atoms with van der Waals surface area (Å²) in [4.78, 5) is 34.5. The summed E-state index contributed by atoms with van der Waals surface area (Å²) in [6.45, 7) is 0.346. The van der Waals surface area contributed by atoms with Gasteiger partial charge in [0.1, 0.15) is 0 Å². The van der Waals surface area contributed by atoms with Crippen molar-refractivity contribution in [3.63, 3.8) is 0 Å². The van der Waals surface area contributed by atoms with Crippen LogP contribution in [-0.4, -0.2) is 28.1 Å². The molecule has 7 heteroatoms. The molecule has 118 valence electrons. The van der Waals surface area contributed by atoms with Crippen LogP contribution >= 0.6 is 0 Å². The summed E-state index contributed by atoms with van der Waals surface area (Å²) in [5.74, 6) is -0.622. The molecule has 0 aliphatic heterocycles. The van der Waals surface area contributed by atoms with Crippen molar-refractivity contribution in [1.29, 1.82) is 0 Å². The van der Waals surface area contributed by atoms with Crippen LogP contribution in [0.2, 0.25) is 0 Å². The molecule has 1 heterocycles. The number of ether oxygens (including phenoxy) is 1. The number of esters is 1. The van der Waals surface area contributed by atoms with Gasteiger partial charge in [0.2, 0.25) is 5.91 Å². The van der Waals surface area contributed by atoms with E-state index in [-0.39, 0.29) is 24.4 Å². The molecule has 1 aromatic heterocycles. The number of nitrogens with zero attached hydrogens (tertiary/aromatic N) is 2. The van der Waals surface area contributed by atoms with E-state index in [0.717, 1.165) is 16.6 Å². The van der Waals surface area contributed by atoms with Crippen molar-refractivity contribution in [1.82, 2.24) is 14.5 Å². The Labute approximate surface area is 127 Å². The summed E-state index contributed by atoms with van der Waals surface area (Å²) < 4.78 is 7.63. The summed E-state index contributed by atoms with van der Waals surface area (Å²) in [6.07, 6.45) is 0.160. The highest BCUT2D eigenvalue weighted by Crippen LogP contribution is 2.13. The van der Waals surface area contributed by atoms with E-state index in [9.17, 15) is 14.4 Å². The molecule has 2 rings (SSSR count). The summed E-state index contributed by atoms with van der Waals surface area (Å²) in [5, 5.41) is 2.74.